The molecule has 1 aromatic carbocycles. The zero-order valence-corrected chi connectivity index (χ0v) is 18.2. The van der Waals surface area contributed by atoms with E-state index in [2.05, 4.69) is 33.6 Å². The lowest BCUT2D eigenvalue weighted by Crippen LogP contribution is -2.23. The Balaban J connectivity index is 0.00000261. The highest BCUT2D eigenvalue weighted by atomic mass is 35.5. The van der Waals surface area contributed by atoms with Crippen LogP contribution in [-0.2, 0) is 13.0 Å². The number of nitrogens with zero attached hydrogens (tertiary/aromatic N) is 1. The number of hydrogen-bond acceptors (Lipinski definition) is 6. The summed E-state index contributed by atoms with van der Waals surface area (Å²) in [5, 5.41) is 11.2. The number of aromatic nitrogens is 1. The second kappa shape index (κ2) is 10.7. The summed E-state index contributed by atoms with van der Waals surface area (Å²) in [5.74, 6) is 1.55. The largest absolute Gasteiger partial charge is 0.493 e. The molecule has 27 heavy (non-hydrogen) atoms. The Morgan fingerprint density at radius 3 is 2.63 bits per heavy atom. The Bertz CT molecular complexity index is 821. The van der Waals surface area contributed by atoms with Crippen LogP contribution in [0.5, 0.6) is 11.5 Å². The van der Waals surface area contributed by atoms with Crippen LogP contribution in [0.1, 0.15) is 34.8 Å². The molecule has 0 amide bonds. The first kappa shape index (κ1) is 21.7. The Kier molecular flexibility index (Phi) is 8.57. The van der Waals surface area contributed by atoms with Crippen LogP contribution < -0.4 is 14.8 Å². The van der Waals surface area contributed by atoms with Gasteiger partial charge < -0.3 is 14.8 Å². The number of halogens is 1. The van der Waals surface area contributed by atoms with Gasteiger partial charge in [0.15, 0.2) is 11.5 Å². The maximum Gasteiger partial charge on any atom is 0.161 e. The highest BCUT2D eigenvalue weighted by Gasteiger charge is 2.16. The van der Waals surface area contributed by atoms with Gasteiger partial charge in [0.2, 0.25) is 0 Å². The van der Waals surface area contributed by atoms with Gasteiger partial charge in [-0.05, 0) is 60.4 Å². The van der Waals surface area contributed by atoms with Crippen molar-refractivity contribution in [1.29, 1.82) is 0 Å². The molecular weight excluding hydrogens is 400 g/mol. The van der Waals surface area contributed by atoms with E-state index in [9.17, 15) is 0 Å². The van der Waals surface area contributed by atoms with E-state index >= 15 is 0 Å². The van der Waals surface area contributed by atoms with Crippen LogP contribution in [0.15, 0.2) is 40.4 Å². The fourth-order valence-electron chi connectivity index (χ4n) is 2.76. The predicted octanol–water partition coefficient (Wildman–Crippen LogP) is 5.42. The van der Waals surface area contributed by atoms with E-state index in [1.807, 2.05) is 26.0 Å². The highest BCUT2D eigenvalue weighted by molar-refractivity contribution is 7.09. The highest BCUT2D eigenvalue weighted by Crippen LogP contribution is 2.29. The van der Waals surface area contributed by atoms with Crippen LogP contribution in [-0.4, -0.2) is 18.7 Å². The fourth-order valence-corrected chi connectivity index (χ4v) is 4.31. The van der Waals surface area contributed by atoms with Crippen LogP contribution >= 0.6 is 35.1 Å². The van der Waals surface area contributed by atoms with Crippen molar-refractivity contribution in [1.82, 2.24) is 10.3 Å². The Morgan fingerprint density at radius 2 is 2.00 bits per heavy atom. The molecule has 2 aromatic heterocycles. The van der Waals surface area contributed by atoms with E-state index in [4.69, 9.17) is 14.5 Å². The van der Waals surface area contributed by atoms with Crippen molar-refractivity contribution in [2.45, 2.75) is 32.9 Å². The topological polar surface area (TPSA) is 43.4 Å². The van der Waals surface area contributed by atoms with Crippen molar-refractivity contribution in [3.63, 3.8) is 0 Å². The van der Waals surface area contributed by atoms with Gasteiger partial charge in [0.25, 0.3) is 0 Å². The molecule has 0 fully saturated rings. The standard InChI is InChI=1S/C20H24N2O2S2.ClH/c1-4-24-18-6-5-15(10-19(18)23-3)11-21-17(9-16-7-8-25-13-16)20-22-14(2)12-26-20;/h5-8,10,12-13,17,21H,4,9,11H2,1-3H3;1H. The normalized spacial score (nSPS) is 11.7. The minimum Gasteiger partial charge on any atom is -0.493 e. The van der Waals surface area contributed by atoms with Crippen LogP contribution in [0.3, 0.4) is 0 Å². The van der Waals surface area contributed by atoms with E-state index < -0.39 is 0 Å². The summed E-state index contributed by atoms with van der Waals surface area (Å²) < 4.78 is 11.1. The molecule has 0 saturated heterocycles. The number of rotatable bonds is 9. The first-order valence-corrected chi connectivity index (χ1v) is 10.5. The molecule has 0 aliphatic heterocycles. The summed E-state index contributed by atoms with van der Waals surface area (Å²) in [6, 6.07) is 8.46. The van der Waals surface area contributed by atoms with E-state index in [1.165, 1.54) is 5.56 Å². The molecule has 0 bridgehead atoms. The first-order valence-electron chi connectivity index (χ1n) is 8.65. The minimum atomic E-state index is 0. The maximum atomic E-state index is 5.60. The predicted molar refractivity (Wildman–Crippen MR) is 116 cm³/mol. The number of thiophene rings is 1. The van der Waals surface area contributed by atoms with Crippen molar-refractivity contribution in [2.75, 3.05) is 13.7 Å². The van der Waals surface area contributed by atoms with Gasteiger partial charge in [-0.25, -0.2) is 4.98 Å². The molecule has 0 aliphatic rings. The molecule has 0 aliphatic carbocycles. The van der Waals surface area contributed by atoms with E-state index in [1.54, 1.807) is 29.8 Å². The van der Waals surface area contributed by atoms with Crippen LogP contribution in [0.2, 0.25) is 0 Å². The third kappa shape index (κ3) is 5.94. The van der Waals surface area contributed by atoms with Crippen LogP contribution in [0, 0.1) is 6.92 Å². The summed E-state index contributed by atoms with van der Waals surface area (Å²) in [4.78, 5) is 4.69. The van der Waals surface area contributed by atoms with Gasteiger partial charge in [0.1, 0.15) is 5.01 Å². The summed E-state index contributed by atoms with van der Waals surface area (Å²) in [6.07, 6.45) is 0.935. The SMILES string of the molecule is CCOc1ccc(CNC(Cc2ccsc2)c2nc(C)cs2)cc1OC.Cl. The van der Waals surface area contributed by atoms with Gasteiger partial charge in [0, 0.05) is 17.6 Å². The van der Waals surface area contributed by atoms with Crippen molar-refractivity contribution in [3.8, 4) is 11.5 Å². The van der Waals surface area contributed by atoms with Gasteiger partial charge in [-0.1, -0.05) is 6.07 Å². The average molecular weight is 425 g/mol. The molecule has 3 rings (SSSR count). The first-order chi connectivity index (χ1) is 12.7. The second-order valence-corrected chi connectivity index (χ2v) is 7.68. The molecule has 146 valence electrons. The average Bonchev–Trinajstić information content (AvgIpc) is 3.31. The molecule has 4 nitrogen and oxygen atoms in total. The van der Waals surface area contributed by atoms with Crippen LogP contribution in [0.4, 0.5) is 0 Å². The molecule has 2 heterocycles. The number of aryl methyl sites for hydroxylation is 1. The smallest absolute Gasteiger partial charge is 0.161 e. The van der Waals surface area contributed by atoms with Gasteiger partial charge in [-0.2, -0.15) is 11.3 Å². The summed E-state index contributed by atoms with van der Waals surface area (Å²) in [5.41, 5.74) is 3.57. The molecule has 0 spiro atoms. The van der Waals surface area contributed by atoms with Gasteiger partial charge in [-0.15, -0.1) is 23.7 Å². The molecule has 0 radical (unpaired) electrons. The maximum absolute atomic E-state index is 5.60. The molecule has 1 atom stereocenters. The van der Waals surface area contributed by atoms with Crippen molar-refractivity contribution >= 4 is 35.1 Å². The number of methoxy groups -OCH3 is 1. The van der Waals surface area contributed by atoms with E-state index in [-0.39, 0.29) is 18.4 Å². The number of hydrogen-bond donors (Lipinski definition) is 1. The molecule has 1 unspecified atom stereocenters. The van der Waals surface area contributed by atoms with Crippen molar-refractivity contribution in [2.24, 2.45) is 0 Å². The molecule has 1 N–H and O–H groups in total. The Labute approximate surface area is 175 Å². The lowest BCUT2D eigenvalue weighted by molar-refractivity contribution is 0.310. The van der Waals surface area contributed by atoms with Crippen molar-refractivity contribution in [3.05, 3.63) is 62.2 Å². The molecular formula is C20H25ClN2O2S2. The summed E-state index contributed by atoms with van der Waals surface area (Å²) in [6.45, 7) is 5.38. The molecule has 7 heteroatoms. The molecule has 0 saturated carbocycles. The molecule has 3 aromatic rings. The van der Waals surface area contributed by atoms with Crippen molar-refractivity contribution < 1.29 is 9.47 Å². The minimum absolute atomic E-state index is 0. The zero-order valence-electron chi connectivity index (χ0n) is 15.7. The van der Waals surface area contributed by atoms with E-state index in [0.717, 1.165) is 40.7 Å². The number of benzene rings is 1. The number of ether oxygens (including phenoxy) is 2. The van der Waals surface area contributed by atoms with Gasteiger partial charge >= 0.3 is 0 Å². The lowest BCUT2D eigenvalue weighted by Gasteiger charge is -2.17. The zero-order chi connectivity index (χ0) is 18.4. The summed E-state index contributed by atoms with van der Waals surface area (Å²) >= 11 is 3.45. The third-order valence-corrected chi connectivity index (χ3v) is 5.84. The fraction of sp³-hybridized carbons (Fsp3) is 0.350. The van der Waals surface area contributed by atoms with E-state index in [0.29, 0.717) is 6.61 Å². The third-order valence-electron chi connectivity index (χ3n) is 4.04. The summed E-state index contributed by atoms with van der Waals surface area (Å²) in [7, 11) is 1.67. The van der Waals surface area contributed by atoms with Crippen LogP contribution in [0.25, 0.3) is 0 Å². The monoisotopic (exact) mass is 424 g/mol. The quantitative estimate of drug-likeness (QED) is 0.498. The lowest BCUT2D eigenvalue weighted by atomic mass is 10.1. The Hall–Kier alpha value is -1.60. The Morgan fingerprint density at radius 1 is 1.15 bits per heavy atom. The second-order valence-electron chi connectivity index (χ2n) is 6.01. The van der Waals surface area contributed by atoms with Gasteiger partial charge in [-0.3, -0.25) is 0 Å². The van der Waals surface area contributed by atoms with Gasteiger partial charge in [0.05, 0.1) is 19.8 Å². The number of nitrogens with one attached hydrogen (secondary N) is 1. The number of thiazole rings is 1.